The molecule has 0 spiro atoms. The molecule has 0 unspecified atom stereocenters. The second kappa shape index (κ2) is 6.69. The molecule has 0 saturated carbocycles. The smallest absolute Gasteiger partial charge is 0.339 e. The standard InChI is InChI=1S/C18H18ClNO4S/c1-12-11-15(6-7-16(12)19)24-25(22,23)17-8-5-14(10-13(17)2)20-9-3-4-18(20)21/h5-8,10-11H,3-4,9H2,1-2H3. The summed E-state index contributed by atoms with van der Waals surface area (Å²) in [7, 11) is -3.97. The van der Waals surface area contributed by atoms with Gasteiger partial charge in [0.05, 0.1) is 0 Å². The van der Waals surface area contributed by atoms with Crippen molar-refractivity contribution < 1.29 is 17.4 Å². The third kappa shape index (κ3) is 3.65. The number of nitrogens with zero attached hydrogens (tertiary/aromatic N) is 1. The highest BCUT2D eigenvalue weighted by atomic mass is 35.5. The summed E-state index contributed by atoms with van der Waals surface area (Å²) in [6.07, 6.45) is 1.34. The zero-order chi connectivity index (χ0) is 18.2. The number of hydrogen-bond acceptors (Lipinski definition) is 4. The quantitative estimate of drug-likeness (QED) is 0.757. The topological polar surface area (TPSA) is 63.7 Å². The Morgan fingerprint density at radius 1 is 1.08 bits per heavy atom. The Morgan fingerprint density at radius 2 is 1.84 bits per heavy atom. The van der Waals surface area contributed by atoms with Crippen molar-refractivity contribution in [3.8, 4) is 5.75 Å². The highest BCUT2D eigenvalue weighted by Gasteiger charge is 2.24. The Morgan fingerprint density at radius 3 is 2.44 bits per heavy atom. The molecule has 1 amide bonds. The average Bonchev–Trinajstić information content (AvgIpc) is 2.96. The minimum atomic E-state index is -3.97. The predicted octanol–water partition coefficient (Wildman–Crippen LogP) is 3.85. The van der Waals surface area contributed by atoms with E-state index in [2.05, 4.69) is 0 Å². The summed E-state index contributed by atoms with van der Waals surface area (Å²) in [5.41, 5.74) is 1.97. The Labute approximate surface area is 152 Å². The van der Waals surface area contributed by atoms with E-state index in [1.54, 1.807) is 43.0 Å². The molecule has 7 heteroatoms. The molecule has 0 aromatic heterocycles. The Balaban J connectivity index is 1.89. The van der Waals surface area contributed by atoms with Crippen LogP contribution in [0.3, 0.4) is 0 Å². The van der Waals surface area contributed by atoms with E-state index in [9.17, 15) is 13.2 Å². The van der Waals surface area contributed by atoms with Gasteiger partial charge in [0.2, 0.25) is 5.91 Å². The molecule has 0 atom stereocenters. The van der Waals surface area contributed by atoms with Crippen molar-refractivity contribution in [3.05, 3.63) is 52.5 Å². The van der Waals surface area contributed by atoms with Gasteiger partial charge in [0, 0.05) is 23.7 Å². The van der Waals surface area contributed by atoms with Crippen LogP contribution in [0.15, 0.2) is 41.3 Å². The summed E-state index contributed by atoms with van der Waals surface area (Å²) in [6, 6.07) is 9.50. The van der Waals surface area contributed by atoms with Gasteiger partial charge in [0.25, 0.3) is 0 Å². The lowest BCUT2D eigenvalue weighted by Crippen LogP contribution is -2.24. The molecule has 0 bridgehead atoms. The molecular weight excluding hydrogens is 362 g/mol. The van der Waals surface area contributed by atoms with Crippen LogP contribution in [0, 0.1) is 13.8 Å². The maximum atomic E-state index is 12.6. The van der Waals surface area contributed by atoms with Gasteiger partial charge in [-0.3, -0.25) is 4.79 Å². The van der Waals surface area contributed by atoms with Gasteiger partial charge in [-0.25, -0.2) is 0 Å². The number of carbonyl (C=O) groups excluding carboxylic acids is 1. The molecule has 0 N–H and O–H groups in total. The number of benzene rings is 2. The van der Waals surface area contributed by atoms with Crippen LogP contribution in [0.1, 0.15) is 24.0 Å². The van der Waals surface area contributed by atoms with Crippen LogP contribution in [0.5, 0.6) is 5.75 Å². The fourth-order valence-electron chi connectivity index (χ4n) is 2.84. The van der Waals surface area contributed by atoms with Crippen molar-refractivity contribution in [1.29, 1.82) is 0 Å². The number of rotatable bonds is 4. The maximum Gasteiger partial charge on any atom is 0.339 e. The summed E-state index contributed by atoms with van der Waals surface area (Å²) in [5.74, 6) is 0.267. The second-order valence-electron chi connectivity index (χ2n) is 6.05. The third-order valence-electron chi connectivity index (χ3n) is 4.15. The Hall–Kier alpha value is -2.05. The zero-order valence-electron chi connectivity index (χ0n) is 14.0. The molecule has 1 heterocycles. The van der Waals surface area contributed by atoms with Gasteiger partial charge in [-0.15, -0.1) is 0 Å². The summed E-state index contributed by atoms with van der Waals surface area (Å²) >= 11 is 5.95. The van der Waals surface area contributed by atoms with Crippen LogP contribution in [0.25, 0.3) is 0 Å². The first kappa shape index (κ1) is 17.8. The number of aryl methyl sites for hydroxylation is 2. The van der Waals surface area contributed by atoms with Gasteiger partial charge in [0.1, 0.15) is 10.6 Å². The van der Waals surface area contributed by atoms with E-state index in [4.69, 9.17) is 15.8 Å². The molecule has 132 valence electrons. The highest BCUT2D eigenvalue weighted by Crippen LogP contribution is 2.29. The van der Waals surface area contributed by atoms with E-state index in [0.29, 0.717) is 29.2 Å². The van der Waals surface area contributed by atoms with Crippen LogP contribution in [0.2, 0.25) is 5.02 Å². The van der Waals surface area contributed by atoms with Gasteiger partial charge < -0.3 is 9.08 Å². The van der Waals surface area contributed by atoms with Crippen LogP contribution in [-0.2, 0) is 14.9 Å². The fraction of sp³-hybridized carbons (Fsp3) is 0.278. The first-order chi connectivity index (χ1) is 11.8. The molecule has 3 rings (SSSR count). The molecule has 2 aromatic carbocycles. The first-order valence-corrected chi connectivity index (χ1v) is 9.68. The van der Waals surface area contributed by atoms with E-state index in [-0.39, 0.29) is 16.6 Å². The van der Waals surface area contributed by atoms with Crippen LogP contribution >= 0.6 is 11.6 Å². The second-order valence-corrected chi connectivity index (χ2v) is 7.97. The molecular formula is C18H18ClNO4S. The molecule has 1 aliphatic rings. The highest BCUT2D eigenvalue weighted by molar-refractivity contribution is 7.87. The van der Waals surface area contributed by atoms with Gasteiger partial charge in [0.15, 0.2) is 0 Å². The predicted molar refractivity (Wildman–Crippen MR) is 96.8 cm³/mol. The number of hydrogen-bond donors (Lipinski definition) is 0. The van der Waals surface area contributed by atoms with Crippen LogP contribution in [0.4, 0.5) is 5.69 Å². The lowest BCUT2D eigenvalue weighted by molar-refractivity contribution is -0.117. The van der Waals surface area contributed by atoms with Gasteiger partial charge in [-0.1, -0.05) is 11.6 Å². The minimum Gasteiger partial charge on any atom is -0.379 e. The molecule has 1 aliphatic heterocycles. The first-order valence-electron chi connectivity index (χ1n) is 7.89. The van der Waals surface area contributed by atoms with Crippen molar-refractivity contribution >= 4 is 33.3 Å². The van der Waals surface area contributed by atoms with E-state index < -0.39 is 10.1 Å². The maximum absolute atomic E-state index is 12.6. The van der Waals surface area contributed by atoms with Crippen molar-refractivity contribution in [2.24, 2.45) is 0 Å². The van der Waals surface area contributed by atoms with E-state index in [1.165, 1.54) is 12.1 Å². The van der Waals surface area contributed by atoms with E-state index >= 15 is 0 Å². The molecule has 2 aromatic rings. The molecule has 1 saturated heterocycles. The lowest BCUT2D eigenvalue weighted by atomic mass is 10.2. The number of carbonyl (C=O) groups is 1. The van der Waals surface area contributed by atoms with Crippen molar-refractivity contribution in [1.82, 2.24) is 0 Å². The number of anilines is 1. The normalized spacial score (nSPS) is 14.8. The van der Waals surface area contributed by atoms with E-state index in [0.717, 1.165) is 12.0 Å². The summed E-state index contributed by atoms with van der Waals surface area (Å²) < 4.78 is 30.4. The number of halogens is 1. The summed E-state index contributed by atoms with van der Waals surface area (Å²) in [6.45, 7) is 4.12. The monoisotopic (exact) mass is 379 g/mol. The fourth-order valence-corrected chi connectivity index (χ4v) is 4.10. The van der Waals surface area contributed by atoms with E-state index in [1.807, 2.05) is 0 Å². The molecule has 5 nitrogen and oxygen atoms in total. The Bertz CT molecular complexity index is 940. The lowest BCUT2D eigenvalue weighted by Gasteiger charge is -2.17. The van der Waals surface area contributed by atoms with Gasteiger partial charge >= 0.3 is 10.1 Å². The van der Waals surface area contributed by atoms with Crippen molar-refractivity contribution in [2.75, 3.05) is 11.4 Å². The summed E-state index contributed by atoms with van der Waals surface area (Å²) in [5, 5.41) is 0.542. The van der Waals surface area contributed by atoms with Crippen LogP contribution in [-0.4, -0.2) is 20.9 Å². The summed E-state index contributed by atoms with van der Waals surface area (Å²) in [4.78, 5) is 13.6. The third-order valence-corrected chi connectivity index (χ3v) is 5.98. The SMILES string of the molecule is Cc1cc(OS(=O)(=O)c2ccc(N3CCCC3=O)cc2C)ccc1Cl. The largest absolute Gasteiger partial charge is 0.379 e. The van der Waals surface area contributed by atoms with Crippen molar-refractivity contribution in [3.63, 3.8) is 0 Å². The average molecular weight is 380 g/mol. The molecule has 1 fully saturated rings. The number of amides is 1. The molecule has 0 aliphatic carbocycles. The minimum absolute atomic E-state index is 0.0582. The Kier molecular flexibility index (Phi) is 4.75. The van der Waals surface area contributed by atoms with Gasteiger partial charge in [-0.2, -0.15) is 8.42 Å². The van der Waals surface area contributed by atoms with Gasteiger partial charge in [-0.05, 0) is 67.8 Å². The molecule has 0 radical (unpaired) electrons. The molecule has 25 heavy (non-hydrogen) atoms. The zero-order valence-corrected chi connectivity index (χ0v) is 15.5. The van der Waals surface area contributed by atoms with Crippen LogP contribution < -0.4 is 9.08 Å². The van der Waals surface area contributed by atoms with Crippen molar-refractivity contribution in [2.45, 2.75) is 31.6 Å².